The molecule has 5 rings (SSSR count). The fourth-order valence-electron chi connectivity index (χ4n) is 4.74. The third-order valence-corrected chi connectivity index (χ3v) is 7.00. The summed E-state index contributed by atoms with van der Waals surface area (Å²) in [5, 5.41) is 9.51. The quantitative estimate of drug-likeness (QED) is 0.229. The Bertz CT molecular complexity index is 2170. The van der Waals surface area contributed by atoms with Crippen LogP contribution >= 0.6 is 0 Å². The predicted molar refractivity (Wildman–Crippen MR) is 159 cm³/mol. The third-order valence-electron chi connectivity index (χ3n) is 7.00. The van der Waals surface area contributed by atoms with Gasteiger partial charge in [0.1, 0.15) is 54.8 Å². The first-order valence-corrected chi connectivity index (χ1v) is 14.4. The minimum Gasteiger partial charge on any atom is -0.471 e. The average molecular weight is 691 g/mol. The number of benzene rings is 1. The largest absolute Gasteiger partial charge is 0.471 e. The molecule has 1 aliphatic heterocycles. The zero-order valence-corrected chi connectivity index (χ0v) is 25.9. The molecule has 256 valence electrons. The highest BCUT2D eigenvalue weighted by molar-refractivity contribution is 6.06. The number of nitriles is 1. The number of aromatic nitrogens is 3. The Labute approximate surface area is 278 Å². The van der Waals surface area contributed by atoms with E-state index in [1.165, 1.54) is 18.2 Å². The number of nitrogens with zero attached hydrogens (tertiary/aromatic N) is 4. The number of carbonyl (C=O) groups excluding carboxylic acids is 5. The summed E-state index contributed by atoms with van der Waals surface area (Å²) in [6.45, 7) is 1.82. The highest BCUT2D eigenvalue weighted by atomic mass is 19.1. The Morgan fingerprint density at radius 3 is 2.38 bits per heavy atom. The number of hydrogen-bond acceptors (Lipinski definition) is 15. The minimum absolute atomic E-state index is 0.122. The summed E-state index contributed by atoms with van der Waals surface area (Å²) in [6.07, 6.45) is -1.94. The molecule has 0 bridgehead atoms. The Morgan fingerprint density at radius 1 is 0.980 bits per heavy atom. The van der Waals surface area contributed by atoms with E-state index in [2.05, 4.69) is 4.98 Å². The first-order valence-electron chi connectivity index (χ1n) is 14.4. The van der Waals surface area contributed by atoms with Crippen molar-refractivity contribution in [3.63, 3.8) is 0 Å². The van der Waals surface area contributed by atoms with Gasteiger partial charge in [0.15, 0.2) is 0 Å². The van der Waals surface area contributed by atoms with Crippen LogP contribution in [0.3, 0.4) is 0 Å². The molecular formula is C32H23FN4O13. The van der Waals surface area contributed by atoms with Crippen molar-refractivity contribution in [3.05, 3.63) is 110 Å². The van der Waals surface area contributed by atoms with E-state index in [1.807, 2.05) is 0 Å². The van der Waals surface area contributed by atoms with Gasteiger partial charge in [-0.2, -0.15) is 19.2 Å². The number of carbonyl (C=O) groups is 5. The van der Waals surface area contributed by atoms with Crippen LogP contribution in [0, 0.1) is 17.1 Å². The fraction of sp³-hybridized carbons (Fsp3) is 0.219. The maximum atomic E-state index is 15.0. The highest BCUT2D eigenvalue weighted by Gasteiger charge is 2.40. The molecular weight excluding hydrogens is 667 g/mol. The first kappa shape index (κ1) is 34.6. The number of ether oxygens (including phenoxy) is 5. The van der Waals surface area contributed by atoms with Gasteiger partial charge in [-0.25, -0.2) is 14.4 Å². The molecule has 4 aromatic rings. The molecule has 0 spiro atoms. The van der Waals surface area contributed by atoms with Crippen LogP contribution in [-0.4, -0.2) is 62.7 Å². The van der Waals surface area contributed by atoms with Crippen LogP contribution in [0.15, 0.2) is 75.2 Å². The second-order valence-electron chi connectivity index (χ2n) is 10.4. The van der Waals surface area contributed by atoms with Gasteiger partial charge in [-0.15, -0.1) is 0 Å². The summed E-state index contributed by atoms with van der Waals surface area (Å²) in [4.78, 5) is 92.3. The summed E-state index contributed by atoms with van der Waals surface area (Å²) in [5.41, 5.74) is -4.60. The monoisotopic (exact) mass is 690 g/mol. The summed E-state index contributed by atoms with van der Waals surface area (Å²) in [6, 6.07) is 11.9. The van der Waals surface area contributed by atoms with E-state index in [0.29, 0.717) is 17.0 Å². The number of halogens is 1. The van der Waals surface area contributed by atoms with Crippen LogP contribution in [0.1, 0.15) is 63.1 Å². The van der Waals surface area contributed by atoms with Crippen LogP contribution in [0.5, 0.6) is 11.8 Å². The zero-order chi connectivity index (χ0) is 36.1. The van der Waals surface area contributed by atoms with Gasteiger partial charge in [0.2, 0.25) is 17.6 Å². The minimum atomic E-state index is -1.69. The summed E-state index contributed by atoms with van der Waals surface area (Å²) in [5.74, 6) is -7.67. The molecule has 18 heteroatoms. The number of pyridine rings is 1. The predicted octanol–water partition coefficient (Wildman–Crippen LogP) is 1.92. The molecule has 17 nitrogen and oxygen atoms in total. The van der Waals surface area contributed by atoms with E-state index >= 15 is 0 Å². The van der Waals surface area contributed by atoms with E-state index < -0.39 is 88.9 Å². The molecule has 50 heavy (non-hydrogen) atoms. The molecule has 1 saturated heterocycles. The molecule has 0 unspecified atom stereocenters. The van der Waals surface area contributed by atoms with Crippen molar-refractivity contribution >= 4 is 29.8 Å². The van der Waals surface area contributed by atoms with Gasteiger partial charge >= 0.3 is 29.6 Å². The molecule has 1 fully saturated rings. The average Bonchev–Trinajstić information content (AvgIpc) is 3.73. The number of hydrogen-bond donors (Lipinski definition) is 0. The van der Waals surface area contributed by atoms with Crippen molar-refractivity contribution in [2.75, 3.05) is 6.61 Å². The highest BCUT2D eigenvalue weighted by Crippen LogP contribution is 2.30. The number of rotatable bonds is 9. The molecule has 0 aliphatic carbocycles. The normalized spacial score (nSPS) is 16.6. The lowest BCUT2D eigenvalue weighted by Gasteiger charge is -2.18. The van der Waals surface area contributed by atoms with Crippen LogP contribution < -0.4 is 20.7 Å². The maximum Gasteiger partial charge on any atom is 0.349 e. The summed E-state index contributed by atoms with van der Waals surface area (Å²) < 4.78 is 46.5. The van der Waals surface area contributed by atoms with E-state index in [1.54, 1.807) is 24.3 Å². The van der Waals surface area contributed by atoms with Gasteiger partial charge < -0.3 is 28.1 Å². The van der Waals surface area contributed by atoms with E-state index in [0.717, 1.165) is 26.2 Å². The van der Waals surface area contributed by atoms with Gasteiger partial charge in [0.05, 0.1) is 17.3 Å². The standard InChI is InChI=1S/C32H23FN4O13/c1-16(38)46-15-24-23(47-17(2)39)10-26(48-24)36-12-22(33)29(41)37(32(36)44)28(40)20-13-45-14-21(20)31(43)50-27-19(11-34)8-9-25(35-27)49-30(42)18-6-4-3-5-7-18/h3-9,12-14,23-24,26H,10,15H2,1-2H3/t23-,24+,26+/m0/s1. The second-order valence-corrected chi connectivity index (χ2v) is 10.4. The second kappa shape index (κ2) is 14.6. The Hall–Kier alpha value is -6.74. The van der Waals surface area contributed by atoms with Crippen molar-refractivity contribution in [1.29, 1.82) is 5.26 Å². The lowest BCUT2D eigenvalue weighted by Crippen LogP contribution is -2.46. The van der Waals surface area contributed by atoms with Crippen molar-refractivity contribution in [1.82, 2.24) is 14.1 Å². The molecule has 1 aliphatic rings. The topological polar surface area (TPSA) is 225 Å². The Morgan fingerprint density at radius 2 is 1.70 bits per heavy atom. The van der Waals surface area contributed by atoms with Crippen molar-refractivity contribution in [2.45, 2.75) is 38.7 Å². The number of furan rings is 1. The lowest BCUT2D eigenvalue weighted by atomic mass is 10.2. The molecule has 3 atom stereocenters. The van der Waals surface area contributed by atoms with Crippen molar-refractivity contribution in [2.24, 2.45) is 0 Å². The SMILES string of the molecule is CC(=O)OC[C@H]1O[C@@H](n2cc(F)c(=O)n(C(=O)c3cocc3C(=O)Oc3nc(OC(=O)c4ccccc4)ccc3C#N)c2=O)C[C@@H]1OC(C)=O. The zero-order valence-electron chi connectivity index (χ0n) is 25.9. The summed E-state index contributed by atoms with van der Waals surface area (Å²) in [7, 11) is 0. The molecule has 1 aromatic carbocycles. The van der Waals surface area contributed by atoms with Gasteiger partial charge in [-0.3, -0.25) is 23.7 Å². The molecule has 4 heterocycles. The van der Waals surface area contributed by atoms with Crippen molar-refractivity contribution in [3.8, 4) is 17.8 Å². The third kappa shape index (κ3) is 7.37. The fourth-order valence-corrected chi connectivity index (χ4v) is 4.74. The lowest BCUT2D eigenvalue weighted by molar-refractivity contribution is -0.155. The van der Waals surface area contributed by atoms with Gasteiger partial charge in [0, 0.05) is 26.3 Å². The van der Waals surface area contributed by atoms with Crippen molar-refractivity contribution < 1.29 is 56.5 Å². The van der Waals surface area contributed by atoms with Crippen LogP contribution in [0.25, 0.3) is 0 Å². The van der Waals surface area contributed by atoms with E-state index in [4.69, 9.17) is 28.1 Å². The summed E-state index contributed by atoms with van der Waals surface area (Å²) >= 11 is 0. The Balaban J connectivity index is 1.42. The molecule has 0 N–H and O–H groups in total. The smallest absolute Gasteiger partial charge is 0.349 e. The molecule has 0 amide bonds. The van der Waals surface area contributed by atoms with Gasteiger partial charge in [-0.1, -0.05) is 18.2 Å². The van der Waals surface area contributed by atoms with Gasteiger partial charge in [-0.05, 0) is 18.2 Å². The van der Waals surface area contributed by atoms with E-state index in [9.17, 15) is 43.2 Å². The van der Waals surface area contributed by atoms with Crippen LogP contribution in [-0.2, 0) is 23.8 Å². The first-order chi connectivity index (χ1) is 23.9. The number of esters is 4. The van der Waals surface area contributed by atoms with E-state index in [-0.39, 0.29) is 28.0 Å². The van der Waals surface area contributed by atoms with Gasteiger partial charge in [0.25, 0.3) is 11.5 Å². The van der Waals surface area contributed by atoms with Crippen LogP contribution in [0.2, 0.25) is 0 Å². The molecule has 0 saturated carbocycles. The molecule has 3 aromatic heterocycles. The maximum absolute atomic E-state index is 15.0. The molecule has 0 radical (unpaired) electrons. The Kier molecular flexibility index (Phi) is 10.1. The van der Waals surface area contributed by atoms with Crippen LogP contribution in [0.4, 0.5) is 4.39 Å².